The number of aliphatic hydroxyl groups is 1. The first-order valence-corrected chi connectivity index (χ1v) is 4.80. The number of aromatic nitrogens is 2. The van der Waals surface area contributed by atoms with Crippen LogP contribution in [-0.2, 0) is 4.79 Å². The van der Waals surface area contributed by atoms with Gasteiger partial charge in [-0.2, -0.15) is 0 Å². The van der Waals surface area contributed by atoms with Gasteiger partial charge >= 0.3 is 5.97 Å². The second-order valence-corrected chi connectivity index (χ2v) is 3.67. The Morgan fingerprint density at radius 2 is 2.31 bits per heavy atom. The molecule has 86 valence electrons. The minimum atomic E-state index is -1.11. The fourth-order valence-corrected chi connectivity index (χ4v) is 1.80. The molecule has 2 atom stereocenters. The Kier molecular flexibility index (Phi) is 2.61. The van der Waals surface area contributed by atoms with Crippen LogP contribution in [0.1, 0.15) is 16.9 Å². The van der Waals surface area contributed by atoms with Crippen LogP contribution in [0, 0.1) is 0 Å². The minimum Gasteiger partial charge on any atom is -0.480 e. The largest absolute Gasteiger partial charge is 0.480 e. The number of carbonyl (C=O) groups excluding carboxylic acids is 1. The molecule has 0 spiro atoms. The summed E-state index contributed by atoms with van der Waals surface area (Å²) in [5.41, 5.74) is 0.223. The number of nitrogens with one attached hydrogen (secondary N) is 1. The molecule has 0 bridgehead atoms. The van der Waals surface area contributed by atoms with Crippen molar-refractivity contribution in [2.45, 2.75) is 18.6 Å². The van der Waals surface area contributed by atoms with Gasteiger partial charge in [0.2, 0.25) is 0 Å². The van der Waals surface area contributed by atoms with Gasteiger partial charge in [-0.3, -0.25) is 4.79 Å². The number of carboxylic acids is 1. The number of nitrogens with zero attached hydrogens (tertiary/aromatic N) is 2. The van der Waals surface area contributed by atoms with E-state index in [4.69, 9.17) is 5.11 Å². The first-order valence-electron chi connectivity index (χ1n) is 4.80. The molecule has 1 amide bonds. The van der Waals surface area contributed by atoms with Crippen molar-refractivity contribution in [3.8, 4) is 0 Å². The van der Waals surface area contributed by atoms with Crippen LogP contribution < -0.4 is 0 Å². The van der Waals surface area contributed by atoms with Gasteiger partial charge in [-0.25, -0.2) is 9.78 Å². The van der Waals surface area contributed by atoms with E-state index in [2.05, 4.69) is 9.97 Å². The van der Waals surface area contributed by atoms with Crippen LogP contribution in [0.5, 0.6) is 0 Å². The van der Waals surface area contributed by atoms with Gasteiger partial charge in [0, 0.05) is 13.0 Å². The van der Waals surface area contributed by atoms with Gasteiger partial charge in [-0.1, -0.05) is 0 Å². The molecule has 2 unspecified atom stereocenters. The number of aliphatic hydroxyl groups excluding tert-OH is 1. The smallest absolute Gasteiger partial charge is 0.326 e. The molecule has 2 rings (SSSR count). The fourth-order valence-electron chi connectivity index (χ4n) is 1.80. The Morgan fingerprint density at radius 1 is 1.56 bits per heavy atom. The van der Waals surface area contributed by atoms with Crippen molar-refractivity contribution in [3.63, 3.8) is 0 Å². The molecule has 1 saturated heterocycles. The molecule has 1 aliphatic rings. The molecule has 1 aromatic heterocycles. The Morgan fingerprint density at radius 3 is 2.88 bits per heavy atom. The highest BCUT2D eigenvalue weighted by Gasteiger charge is 2.39. The van der Waals surface area contributed by atoms with Crippen molar-refractivity contribution < 1.29 is 19.8 Å². The normalized spacial score (nSPS) is 24.7. The van der Waals surface area contributed by atoms with Gasteiger partial charge in [-0.15, -0.1) is 0 Å². The third-order valence-corrected chi connectivity index (χ3v) is 2.55. The van der Waals surface area contributed by atoms with Gasteiger partial charge < -0.3 is 20.1 Å². The monoisotopic (exact) mass is 225 g/mol. The minimum absolute atomic E-state index is 0.0365. The second-order valence-electron chi connectivity index (χ2n) is 3.67. The molecular weight excluding hydrogens is 214 g/mol. The molecule has 2 heterocycles. The Hall–Kier alpha value is -1.89. The zero-order valence-corrected chi connectivity index (χ0v) is 8.33. The van der Waals surface area contributed by atoms with Crippen LogP contribution in [0.15, 0.2) is 12.5 Å². The molecule has 0 aromatic carbocycles. The second kappa shape index (κ2) is 3.93. The van der Waals surface area contributed by atoms with Gasteiger partial charge in [0.1, 0.15) is 11.7 Å². The van der Waals surface area contributed by atoms with Crippen LogP contribution in [0.25, 0.3) is 0 Å². The lowest BCUT2D eigenvalue weighted by Crippen LogP contribution is -2.40. The van der Waals surface area contributed by atoms with E-state index in [0.717, 1.165) is 4.90 Å². The van der Waals surface area contributed by atoms with Crippen molar-refractivity contribution in [3.05, 3.63) is 18.2 Å². The van der Waals surface area contributed by atoms with Gasteiger partial charge in [0.15, 0.2) is 0 Å². The molecule has 7 nitrogen and oxygen atoms in total. The zero-order valence-electron chi connectivity index (χ0n) is 8.33. The number of imidazole rings is 1. The van der Waals surface area contributed by atoms with Gasteiger partial charge in [0.25, 0.3) is 5.91 Å². The molecule has 1 aliphatic heterocycles. The van der Waals surface area contributed by atoms with Crippen LogP contribution in [0.2, 0.25) is 0 Å². The Balaban J connectivity index is 2.20. The average Bonchev–Trinajstić information content (AvgIpc) is 2.84. The maximum Gasteiger partial charge on any atom is 0.326 e. The summed E-state index contributed by atoms with van der Waals surface area (Å²) in [4.78, 5) is 30.2. The maximum absolute atomic E-state index is 11.8. The lowest BCUT2D eigenvalue weighted by Gasteiger charge is -2.19. The fraction of sp³-hybridized carbons (Fsp3) is 0.444. The number of aliphatic carboxylic acids is 1. The highest BCUT2D eigenvalue weighted by atomic mass is 16.4. The zero-order chi connectivity index (χ0) is 11.7. The molecule has 0 radical (unpaired) electrons. The summed E-state index contributed by atoms with van der Waals surface area (Å²) in [6.07, 6.45) is 1.95. The third-order valence-electron chi connectivity index (χ3n) is 2.55. The molecule has 3 N–H and O–H groups in total. The number of likely N-dealkylation sites (tertiary alicyclic amines) is 1. The van der Waals surface area contributed by atoms with Crippen LogP contribution in [-0.4, -0.2) is 55.6 Å². The predicted molar refractivity (Wildman–Crippen MR) is 51.7 cm³/mol. The average molecular weight is 225 g/mol. The summed E-state index contributed by atoms with van der Waals surface area (Å²) in [6.45, 7) is 0.0365. The summed E-state index contributed by atoms with van der Waals surface area (Å²) < 4.78 is 0. The quantitative estimate of drug-likeness (QED) is 0.602. The standard InChI is InChI=1S/C9H11N3O4/c13-5-1-7(9(15)16)12(3-5)8(14)6-2-10-4-11-6/h2,4-5,7,13H,1,3H2,(H,10,11)(H,15,16). The summed E-state index contributed by atoms with van der Waals surface area (Å²) in [6, 6.07) is -0.967. The summed E-state index contributed by atoms with van der Waals surface area (Å²) in [5.74, 6) is -1.56. The van der Waals surface area contributed by atoms with Crippen LogP contribution in [0.4, 0.5) is 0 Å². The first kappa shape index (κ1) is 10.6. The van der Waals surface area contributed by atoms with E-state index in [9.17, 15) is 14.7 Å². The van der Waals surface area contributed by atoms with Crippen LogP contribution in [0.3, 0.4) is 0 Å². The number of β-amino-alcohol motifs (C(OH)–C–C–N with tert-alkyl or cyclic N) is 1. The highest BCUT2D eigenvalue weighted by molar-refractivity contribution is 5.95. The van der Waals surface area contributed by atoms with E-state index in [0.29, 0.717) is 0 Å². The number of carboxylic acid groups (broad SMARTS) is 1. The van der Waals surface area contributed by atoms with E-state index >= 15 is 0 Å². The number of hydrogen-bond acceptors (Lipinski definition) is 4. The molecule has 1 fully saturated rings. The predicted octanol–water partition coefficient (Wildman–Crippen LogP) is -0.930. The van der Waals surface area contributed by atoms with E-state index < -0.39 is 24.0 Å². The number of carbonyl (C=O) groups is 2. The number of aromatic amines is 1. The van der Waals surface area contributed by atoms with E-state index in [1.54, 1.807) is 0 Å². The van der Waals surface area contributed by atoms with E-state index in [1.807, 2.05) is 0 Å². The topological polar surface area (TPSA) is 107 Å². The summed E-state index contributed by atoms with van der Waals surface area (Å²) in [5, 5.41) is 18.3. The third kappa shape index (κ3) is 1.76. The lowest BCUT2D eigenvalue weighted by atomic mass is 10.2. The number of H-pyrrole nitrogens is 1. The SMILES string of the molecule is O=C(O)C1CC(O)CN1C(=O)c1cnc[nH]1. The maximum atomic E-state index is 11.8. The molecule has 1 aromatic rings. The van der Waals surface area contributed by atoms with Gasteiger partial charge in [0.05, 0.1) is 18.6 Å². The summed E-state index contributed by atoms with van der Waals surface area (Å²) in [7, 11) is 0. The first-order chi connectivity index (χ1) is 7.59. The summed E-state index contributed by atoms with van der Waals surface area (Å²) >= 11 is 0. The molecule has 7 heteroatoms. The van der Waals surface area contributed by atoms with Gasteiger partial charge in [-0.05, 0) is 0 Å². The van der Waals surface area contributed by atoms with Crippen molar-refractivity contribution in [2.24, 2.45) is 0 Å². The Labute approximate surface area is 90.7 Å². The van der Waals surface area contributed by atoms with Crippen molar-refractivity contribution in [1.82, 2.24) is 14.9 Å². The van der Waals surface area contributed by atoms with Crippen molar-refractivity contribution in [1.29, 1.82) is 0 Å². The van der Waals surface area contributed by atoms with Crippen molar-refractivity contribution in [2.75, 3.05) is 6.54 Å². The molecular formula is C9H11N3O4. The number of amides is 1. The molecule has 16 heavy (non-hydrogen) atoms. The molecule has 0 saturated carbocycles. The van der Waals surface area contributed by atoms with E-state index in [1.165, 1.54) is 12.5 Å². The lowest BCUT2D eigenvalue weighted by molar-refractivity contribution is -0.141. The molecule has 0 aliphatic carbocycles. The van der Waals surface area contributed by atoms with Crippen molar-refractivity contribution >= 4 is 11.9 Å². The number of rotatable bonds is 2. The van der Waals surface area contributed by atoms with E-state index in [-0.39, 0.29) is 18.7 Å². The number of hydrogen-bond donors (Lipinski definition) is 3. The highest BCUT2D eigenvalue weighted by Crippen LogP contribution is 2.20. The van der Waals surface area contributed by atoms with Crippen LogP contribution >= 0.6 is 0 Å². The Bertz CT molecular complexity index is 403.